The first-order valence-electron chi connectivity index (χ1n) is 5.88. The normalized spacial score (nSPS) is 21.5. The fourth-order valence-electron chi connectivity index (χ4n) is 2.22. The Bertz CT molecular complexity index is 198. The third-order valence-electron chi connectivity index (χ3n) is 3.47. The molecule has 1 aliphatic rings. The lowest BCUT2D eigenvalue weighted by Crippen LogP contribution is -2.41. The second-order valence-electron chi connectivity index (χ2n) is 4.55. The molecule has 1 rings (SSSR count). The molecule has 88 valence electrons. The van der Waals surface area contributed by atoms with Gasteiger partial charge in [-0.05, 0) is 46.2 Å². The van der Waals surface area contributed by atoms with Crippen molar-refractivity contribution < 1.29 is 9.53 Å². The third kappa shape index (κ3) is 3.92. The highest BCUT2D eigenvalue weighted by atomic mass is 16.5. The average Bonchev–Trinajstić information content (AvgIpc) is 2.26. The molecule has 1 atom stereocenters. The summed E-state index contributed by atoms with van der Waals surface area (Å²) in [6, 6.07) is 0.581. The van der Waals surface area contributed by atoms with Gasteiger partial charge in [0, 0.05) is 25.7 Å². The number of hydrogen-bond donors (Lipinski definition) is 0. The minimum absolute atomic E-state index is 0.316. The fourth-order valence-corrected chi connectivity index (χ4v) is 2.22. The third-order valence-corrected chi connectivity index (χ3v) is 3.47. The monoisotopic (exact) mass is 213 g/mol. The summed E-state index contributed by atoms with van der Waals surface area (Å²) in [6.07, 6.45) is 3.15. The summed E-state index contributed by atoms with van der Waals surface area (Å²) in [4.78, 5) is 13.7. The molecule has 1 aliphatic heterocycles. The number of hydrogen-bond acceptors (Lipinski definition) is 3. The number of piperidine rings is 1. The number of methoxy groups -OCH3 is 1. The Balaban J connectivity index is 2.27. The van der Waals surface area contributed by atoms with Gasteiger partial charge < -0.3 is 9.64 Å². The van der Waals surface area contributed by atoms with E-state index in [4.69, 9.17) is 4.74 Å². The summed E-state index contributed by atoms with van der Waals surface area (Å²) in [5.74, 6) is 0.676. The Morgan fingerprint density at radius 1 is 1.47 bits per heavy atom. The van der Waals surface area contributed by atoms with Crippen molar-refractivity contribution in [2.45, 2.75) is 39.2 Å². The van der Waals surface area contributed by atoms with E-state index in [9.17, 15) is 4.79 Å². The highest BCUT2D eigenvalue weighted by Crippen LogP contribution is 2.20. The Morgan fingerprint density at radius 2 is 2.07 bits per heavy atom. The van der Waals surface area contributed by atoms with E-state index < -0.39 is 0 Å². The molecule has 0 radical (unpaired) electrons. The molecule has 0 amide bonds. The second-order valence-corrected chi connectivity index (χ2v) is 4.55. The number of carbonyl (C=O) groups is 1. The van der Waals surface area contributed by atoms with Gasteiger partial charge in [0.15, 0.2) is 0 Å². The molecule has 0 aliphatic carbocycles. The van der Waals surface area contributed by atoms with Crippen molar-refractivity contribution in [2.75, 3.05) is 26.8 Å². The molecule has 3 heteroatoms. The zero-order valence-corrected chi connectivity index (χ0v) is 10.2. The molecule has 3 nitrogen and oxygen atoms in total. The highest BCUT2D eigenvalue weighted by Gasteiger charge is 2.24. The summed E-state index contributed by atoms with van der Waals surface area (Å²) in [6.45, 7) is 6.92. The molecule has 15 heavy (non-hydrogen) atoms. The smallest absolute Gasteiger partial charge is 0.133 e. The lowest BCUT2D eigenvalue weighted by Gasteiger charge is -2.35. The lowest BCUT2D eigenvalue weighted by molar-refractivity contribution is -0.122. The van der Waals surface area contributed by atoms with E-state index in [0.29, 0.717) is 17.7 Å². The van der Waals surface area contributed by atoms with E-state index >= 15 is 0 Å². The van der Waals surface area contributed by atoms with Gasteiger partial charge in [0.25, 0.3) is 0 Å². The van der Waals surface area contributed by atoms with Crippen molar-refractivity contribution in [3.63, 3.8) is 0 Å². The minimum Gasteiger partial charge on any atom is -0.385 e. The van der Waals surface area contributed by atoms with Gasteiger partial charge in [-0.15, -0.1) is 0 Å². The number of ether oxygens (including phenoxy) is 1. The summed E-state index contributed by atoms with van der Waals surface area (Å²) < 4.78 is 5.08. The number of likely N-dealkylation sites (tertiary alicyclic amines) is 1. The Morgan fingerprint density at radius 3 is 2.53 bits per heavy atom. The van der Waals surface area contributed by atoms with Crippen LogP contribution in [0.25, 0.3) is 0 Å². The maximum Gasteiger partial charge on any atom is 0.133 e. The van der Waals surface area contributed by atoms with Crippen LogP contribution in [0.3, 0.4) is 0 Å². The molecule has 0 spiro atoms. The predicted octanol–water partition coefficient (Wildman–Crippen LogP) is 1.71. The van der Waals surface area contributed by atoms with E-state index in [0.717, 1.165) is 39.0 Å². The second kappa shape index (κ2) is 6.23. The Labute approximate surface area is 92.8 Å². The van der Waals surface area contributed by atoms with Crippen LogP contribution in [0.4, 0.5) is 0 Å². The van der Waals surface area contributed by atoms with Crippen LogP contribution in [-0.2, 0) is 9.53 Å². The van der Waals surface area contributed by atoms with Gasteiger partial charge in [0.2, 0.25) is 0 Å². The molecule has 1 saturated heterocycles. The van der Waals surface area contributed by atoms with Gasteiger partial charge in [-0.1, -0.05) is 0 Å². The molecule has 0 aromatic heterocycles. The van der Waals surface area contributed by atoms with Crippen molar-refractivity contribution >= 4 is 5.78 Å². The van der Waals surface area contributed by atoms with Crippen molar-refractivity contribution in [3.8, 4) is 0 Å². The van der Waals surface area contributed by atoms with Gasteiger partial charge in [0.05, 0.1) is 0 Å². The van der Waals surface area contributed by atoms with Gasteiger partial charge in [-0.3, -0.25) is 4.79 Å². The maximum absolute atomic E-state index is 11.2. The Kier molecular flexibility index (Phi) is 5.26. The van der Waals surface area contributed by atoms with Crippen molar-refractivity contribution in [1.82, 2.24) is 4.90 Å². The number of Topliss-reactive ketones (excluding diaryl/α,β-unsaturated/α-hetero) is 1. The van der Waals surface area contributed by atoms with E-state index in [1.807, 2.05) is 0 Å². The quantitative estimate of drug-likeness (QED) is 0.696. The minimum atomic E-state index is 0.316. The molecule has 1 fully saturated rings. The van der Waals surface area contributed by atoms with E-state index in [1.54, 1.807) is 14.0 Å². The largest absolute Gasteiger partial charge is 0.385 e. The number of carbonyl (C=O) groups excluding carboxylic acids is 1. The van der Waals surface area contributed by atoms with Crippen LogP contribution in [0.1, 0.15) is 33.1 Å². The summed E-state index contributed by atoms with van der Waals surface area (Å²) in [5, 5.41) is 0. The van der Waals surface area contributed by atoms with Crippen LogP contribution in [-0.4, -0.2) is 43.5 Å². The zero-order valence-electron chi connectivity index (χ0n) is 10.2. The molecule has 0 aromatic carbocycles. The standard InChI is InChI=1S/C12H23NO2/c1-10(6-9-15-3)13-7-4-12(5-8-13)11(2)14/h10,12H,4-9H2,1-3H3. The summed E-state index contributed by atoms with van der Waals surface area (Å²) in [7, 11) is 1.74. The highest BCUT2D eigenvalue weighted by molar-refractivity contribution is 5.78. The van der Waals surface area contributed by atoms with Crippen molar-refractivity contribution in [1.29, 1.82) is 0 Å². The maximum atomic E-state index is 11.2. The van der Waals surface area contributed by atoms with E-state index in [-0.39, 0.29) is 0 Å². The topological polar surface area (TPSA) is 29.5 Å². The number of rotatable bonds is 5. The van der Waals surface area contributed by atoms with Gasteiger partial charge in [0.1, 0.15) is 5.78 Å². The van der Waals surface area contributed by atoms with Gasteiger partial charge in [-0.25, -0.2) is 0 Å². The van der Waals surface area contributed by atoms with Crippen molar-refractivity contribution in [3.05, 3.63) is 0 Å². The molecule has 0 bridgehead atoms. The van der Waals surface area contributed by atoms with E-state index in [1.165, 1.54) is 0 Å². The van der Waals surface area contributed by atoms with Crippen LogP contribution in [0.15, 0.2) is 0 Å². The molecular formula is C12H23NO2. The first-order valence-corrected chi connectivity index (χ1v) is 5.88. The van der Waals surface area contributed by atoms with Crippen LogP contribution in [0.2, 0.25) is 0 Å². The van der Waals surface area contributed by atoms with Gasteiger partial charge >= 0.3 is 0 Å². The van der Waals surface area contributed by atoms with Crippen molar-refractivity contribution in [2.24, 2.45) is 5.92 Å². The molecule has 0 N–H and O–H groups in total. The van der Waals surface area contributed by atoms with Crippen LogP contribution >= 0.6 is 0 Å². The Hall–Kier alpha value is -0.410. The molecule has 0 saturated carbocycles. The first-order chi connectivity index (χ1) is 7.15. The lowest BCUT2D eigenvalue weighted by atomic mass is 9.92. The van der Waals surface area contributed by atoms with Crippen LogP contribution in [0, 0.1) is 5.92 Å². The molecule has 1 unspecified atom stereocenters. The molecular weight excluding hydrogens is 190 g/mol. The van der Waals surface area contributed by atoms with Crippen LogP contribution < -0.4 is 0 Å². The zero-order chi connectivity index (χ0) is 11.3. The molecule has 1 heterocycles. The fraction of sp³-hybridized carbons (Fsp3) is 0.917. The first kappa shape index (κ1) is 12.7. The average molecular weight is 213 g/mol. The van der Waals surface area contributed by atoms with E-state index in [2.05, 4.69) is 11.8 Å². The van der Waals surface area contributed by atoms with Gasteiger partial charge in [-0.2, -0.15) is 0 Å². The molecule has 0 aromatic rings. The summed E-state index contributed by atoms with van der Waals surface area (Å²) in [5.41, 5.74) is 0. The SMILES string of the molecule is COCCC(C)N1CCC(C(C)=O)CC1. The summed E-state index contributed by atoms with van der Waals surface area (Å²) >= 11 is 0. The number of ketones is 1. The number of nitrogens with zero attached hydrogens (tertiary/aromatic N) is 1. The predicted molar refractivity (Wildman–Crippen MR) is 60.9 cm³/mol. The van der Waals surface area contributed by atoms with Crippen LogP contribution in [0.5, 0.6) is 0 Å².